The van der Waals surface area contributed by atoms with Gasteiger partial charge in [-0.3, -0.25) is 0 Å². The van der Waals surface area contributed by atoms with E-state index in [9.17, 15) is 31.5 Å². The molecule has 0 saturated heterocycles. The molecule has 0 aromatic heterocycles. The Hall–Kier alpha value is -1.81. The van der Waals surface area contributed by atoms with Gasteiger partial charge in [-0.15, -0.1) is 0 Å². The molecular weight excluding hydrogens is 433 g/mol. The molecule has 3 N–H and O–H groups in total. The predicted octanol–water partition coefficient (Wildman–Crippen LogP) is 5.31. The van der Waals surface area contributed by atoms with E-state index >= 15 is 0 Å². The molecule has 1 fully saturated rings. The molecule has 2 rings (SSSR count). The van der Waals surface area contributed by atoms with E-state index in [1.807, 2.05) is 0 Å². The molecule has 0 atom stereocenters. The molecule has 1 aliphatic carbocycles. The lowest BCUT2D eigenvalue weighted by Gasteiger charge is -2.23. The summed E-state index contributed by atoms with van der Waals surface area (Å²) < 4.78 is 65.0. The minimum absolute atomic E-state index is 0.0943. The fraction of sp³-hybridized carbons (Fsp3) is 0.667. The van der Waals surface area contributed by atoms with Crippen LogP contribution in [0.2, 0.25) is 0 Å². The van der Waals surface area contributed by atoms with Crippen LogP contribution >= 0.6 is 0 Å². The quantitative estimate of drug-likeness (QED) is 0.364. The van der Waals surface area contributed by atoms with E-state index in [2.05, 4.69) is 10.0 Å². The predicted molar refractivity (Wildman–Crippen MR) is 113 cm³/mol. The summed E-state index contributed by atoms with van der Waals surface area (Å²) in [5.41, 5.74) is 0.213. The second kappa shape index (κ2) is 11.7. The third kappa shape index (κ3) is 9.06. The largest absolute Gasteiger partial charge is 0.478 e. The van der Waals surface area contributed by atoms with Gasteiger partial charge in [0.05, 0.1) is 11.3 Å². The zero-order chi connectivity index (χ0) is 22.9. The molecule has 0 heterocycles. The molecule has 1 saturated carbocycles. The summed E-state index contributed by atoms with van der Waals surface area (Å²) in [5, 5.41) is 12.3. The molecule has 1 aromatic carbocycles. The number of carboxylic acid groups (broad SMARTS) is 1. The van der Waals surface area contributed by atoms with E-state index in [4.69, 9.17) is 0 Å². The zero-order valence-corrected chi connectivity index (χ0v) is 18.3. The van der Waals surface area contributed by atoms with Gasteiger partial charge in [-0.05, 0) is 43.9 Å². The molecule has 1 aromatic rings. The lowest BCUT2D eigenvalue weighted by atomic mass is 9.96. The molecule has 0 aliphatic heterocycles. The van der Waals surface area contributed by atoms with E-state index in [-0.39, 0.29) is 22.9 Å². The van der Waals surface area contributed by atoms with Crippen LogP contribution in [-0.2, 0) is 10.0 Å². The second-order valence-electron chi connectivity index (χ2n) is 8.03. The van der Waals surface area contributed by atoms with Crippen molar-refractivity contribution < 1.29 is 31.5 Å². The zero-order valence-electron chi connectivity index (χ0n) is 17.5. The van der Waals surface area contributed by atoms with Gasteiger partial charge >= 0.3 is 12.1 Å². The van der Waals surface area contributed by atoms with Gasteiger partial charge in [-0.1, -0.05) is 38.5 Å². The van der Waals surface area contributed by atoms with Gasteiger partial charge in [-0.25, -0.2) is 17.9 Å². The highest BCUT2D eigenvalue weighted by Crippen LogP contribution is 2.26. The molecule has 0 unspecified atom stereocenters. The Bertz CT molecular complexity index is 822. The van der Waals surface area contributed by atoms with Crippen LogP contribution in [0.5, 0.6) is 0 Å². The average Bonchev–Trinajstić information content (AvgIpc) is 2.69. The maximum atomic E-state index is 12.9. The molecule has 6 nitrogen and oxygen atoms in total. The maximum absolute atomic E-state index is 12.9. The number of carbonyl (C=O) groups is 1. The van der Waals surface area contributed by atoms with Crippen LogP contribution in [0.25, 0.3) is 0 Å². The molecule has 0 radical (unpaired) electrons. The third-order valence-electron chi connectivity index (χ3n) is 5.40. The van der Waals surface area contributed by atoms with Crippen molar-refractivity contribution in [1.29, 1.82) is 0 Å². The number of hydrogen-bond donors (Lipinski definition) is 3. The maximum Gasteiger partial charge on any atom is 0.389 e. The van der Waals surface area contributed by atoms with Crippen LogP contribution in [0, 0.1) is 0 Å². The average molecular weight is 465 g/mol. The molecule has 0 bridgehead atoms. The normalized spacial score (nSPS) is 15.7. The number of alkyl halides is 3. The van der Waals surface area contributed by atoms with Crippen molar-refractivity contribution in [3.05, 3.63) is 23.8 Å². The highest BCUT2D eigenvalue weighted by molar-refractivity contribution is 7.89. The Labute approximate surface area is 181 Å². The summed E-state index contributed by atoms with van der Waals surface area (Å²) in [7, 11) is -3.90. The summed E-state index contributed by atoms with van der Waals surface area (Å²) in [5.74, 6) is -1.21. The van der Waals surface area contributed by atoms with Crippen molar-refractivity contribution in [3.8, 4) is 0 Å². The summed E-state index contributed by atoms with van der Waals surface area (Å²) in [4.78, 5) is 11.2. The number of hydrogen-bond acceptors (Lipinski definition) is 4. The highest BCUT2D eigenvalue weighted by atomic mass is 32.2. The Kier molecular flexibility index (Phi) is 9.61. The molecule has 176 valence electrons. The van der Waals surface area contributed by atoms with Gasteiger partial charge in [0.25, 0.3) is 0 Å². The number of nitrogens with one attached hydrogen (secondary N) is 2. The smallest absolute Gasteiger partial charge is 0.389 e. The summed E-state index contributed by atoms with van der Waals surface area (Å²) in [6, 6.07) is 3.80. The van der Waals surface area contributed by atoms with Gasteiger partial charge < -0.3 is 10.4 Å². The molecule has 0 amide bonds. The van der Waals surface area contributed by atoms with Crippen LogP contribution in [0.3, 0.4) is 0 Å². The third-order valence-corrected chi connectivity index (χ3v) is 6.96. The molecular formula is C21H31F3N2O4S. The van der Waals surface area contributed by atoms with Crippen molar-refractivity contribution in [1.82, 2.24) is 4.72 Å². The molecule has 0 spiro atoms. The Morgan fingerprint density at radius 2 is 1.68 bits per heavy atom. The summed E-state index contributed by atoms with van der Waals surface area (Å²) in [6.45, 7) is 0.442. The van der Waals surface area contributed by atoms with E-state index in [0.29, 0.717) is 31.5 Å². The Morgan fingerprint density at radius 1 is 1.03 bits per heavy atom. The number of sulfonamides is 1. The molecule has 1 aliphatic rings. The standard InChI is InChI=1S/C21H31F3N2O4S/c22-21(23,24)13-7-2-1-3-8-14-25-18-12-11-16(20(27)28)15-19(18)31(29,30)26-17-9-5-4-6-10-17/h11-12,15,17,25-26H,1-10,13-14H2,(H,27,28). The Balaban J connectivity index is 1.94. The first-order valence-corrected chi connectivity index (χ1v) is 12.3. The minimum Gasteiger partial charge on any atom is -0.478 e. The number of carboxylic acids is 1. The monoisotopic (exact) mass is 464 g/mol. The Morgan fingerprint density at radius 3 is 2.32 bits per heavy atom. The van der Waals surface area contributed by atoms with Crippen molar-refractivity contribution >= 4 is 21.7 Å². The van der Waals surface area contributed by atoms with Crippen molar-refractivity contribution in [3.63, 3.8) is 0 Å². The topological polar surface area (TPSA) is 95.5 Å². The van der Waals surface area contributed by atoms with E-state index in [0.717, 1.165) is 44.6 Å². The first kappa shape index (κ1) is 25.5. The van der Waals surface area contributed by atoms with Crippen LogP contribution in [0.1, 0.15) is 81.0 Å². The van der Waals surface area contributed by atoms with Crippen molar-refractivity contribution in [2.24, 2.45) is 0 Å². The SMILES string of the molecule is O=C(O)c1ccc(NCCCCCCCC(F)(F)F)c(S(=O)(=O)NC2CCCCC2)c1. The second-order valence-corrected chi connectivity index (χ2v) is 9.71. The number of benzene rings is 1. The minimum atomic E-state index is -4.11. The van der Waals surface area contributed by atoms with Crippen molar-refractivity contribution in [2.75, 3.05) is 11.9 Å². The lowest BCUT2D eigenvalue weighted by molar-refractivity contribution is -0.135. The van der Waals surface area contributed by atoms with Crippen molar-refractivity contribution in [2.45, 2.75) is 87.7 Å². The van der Waals surface area contributed by atoms with Gasteiger partial charge in [0, 0.05) is 19.0 Å². The van der Waals surface area contributed by atoms with Gasteiger partial charge in [-0.2, -0.15) is 13.2 Å². The first-order valence-electron chi connectivity index (χ1n) is 10.8. The molecule has 31 heavy (non-hydrogen) atoms. The number of anilines is 1. The van der Waals surface area contributed by atoms with E-state index < -0.39 is 28.6 Å². The number of rotatable bonds is 12. The number of halogens is 3. The van der Waals surface area contributed by atoms with Crippen LogP contribution in [0.4, 0.5) is 18.9 Å². The fourth-order valence-corrected chi connectivity index (χ4v) is 5.24. The van der Waals surface area contributed by atoms with Crippen LogP contribution < -0.4 is 10.0 Å². The van der Waals surface area contributed by atoms with E-state index in [1.54, 1.807) is 0 Å². The van der Waals surface area contributed by atoms with Crippen LogP contribution in [0.15, 0.2) is 23.1 Å². The lowest BCUT2D eigenvalue weighted by Crippen LogP contribution is -2.36. The van der Waals surface area contributed by atoms with E-state index in [1.165, 1.54) is 12.1 Å². The van der Waals surface area contributed by atoms with Gasteiger partial charge in [0.15, 0.2) is 0 Å². The summed E-state index contributed by atoms with van der Waals surface area (Å²) >= 11 is 0. The fourth-order valence-electron chi connectivity index (χ4n) is 3.73. The molecule has 10 heteroatoms. The van der Waals surface area contributed by atoms with Crippen LogP contribution in [-0.4, -0.2) is 38.3 Å². The van der Waals surface area contributed by atoms with Gasteiger partial charge in [0.2, 0.25) is 10.0 Å². The number of unbranched alkanes of at least 4 members (excludes halogenated alkanes) is 4. The first-order chi connectivity index (χ1) is 14.6. The summed E-state index contributed by atoms with van der Waals surface area (Å²) in [6.07, 6.45) is 2.30. The highest BCUT2D eigenvalue weighted by Gasteiger charge is 2.26. The number of aromatic carboxylic acids is 1. The van der Waals surface area contributed by atoms with Gasteiger partial charge in [0.1, 0.15) is 4.90 Å².